The first-order chi connectivity index (χ1) is 13.9. The van der Waals surface area contributed by atoms with Crippen LogP contribution in [0.25, 0.3) is 0 Å². The van der Waals surface area contributed by atoms with Crippen LogP contribution in [0.1, 0.15) is 41.4 Å². The quantitative estimate of drug-likeness (QED) is 0.604. The number of ether oxygens (including phenoxy) is 1. The standard InChI is InChI=1S/C22H30N4O3/c1-5-26(6-2)20(16-8-7-9-18(12-16)29-4)14-24-22(28)25-19-13-17(21(23)27)11-10-15(19)3/h7-13,20H,5-6,14H2,1-4H3,(H2,23,27)(H2,24,25,28). The van der Waals surface area contributed by atoms with Gasteiger partial charge in [0.15, 0.2) is 0 Å². The van der Waals surface area contributed by atoms with Crippen LogP contribution in [0, 0.1) is 6.92 Å². The number of benzene rings is 2. The minimum Gasteiger partial charge on any atom is -0.497 e. The highest BCUT2D eigenvalue weighted by Crippen LogP contribution is 2.24. The van der Waals surface area contributed by atoms with E-state index in [0.717, 1.165) is 30.0 Å². The van der Waals surface area contributed by atoms with E-state index in [4.69, 9.17) is 10.5 Å². The van der Waals surface area contributed by atoms with Gasteiger partial charge in [0.25, 0.3) is 0 Å². The number of urea groups is 1. The average molecular weight is 399 g/mol. The molecule has 2 aromatic carbocycles. The van der Waals surface area contributed by atoms with Gasteiger partial charge in [-0.1, -0.05) is 32.0 Å². The normalized spacial score (nSPS) is 11.8. The molecule has 0 spiro atoms. The average Bonchev–Trinajstić information content (AvgIpc) is 2.72. The fourth-order valence-corrected chi connectivity index (χ4v) is 3.24. The number of hydrogen-bond acceptors (Lipinski definition) is 4. The number of hydrogen-bond donors (Lipinski definition) is 3. The molecule has 2 rings (SSSR count). The van der Waals surface area contributed by atoms with Gasteiger partial charge >= 0.3 is 6.03 Å². The third kappa shape index (κ3) is 5.96. The Morgan fingerprint density at radius 1 is 1.14 bits per heavy atom. The van der Waals surface area contributed by atoms with Gasteiger partial charge in [0.2, 0.25) is 5.91 Å². The van der Waals surface area contributed by atoms with Crippen molar-refractivity contribution in [2.24, 2.45) is 5.73 Å². The summed E-state index contributed by atoms with van der Waals surface area (Å²) in [5.74, 6) is 0.246. The summed E-state index contributed by atoms with van der Waals surface area (Å²) < 4.78 is 5.34. The van der Waals surface area contributed by atoms with Crippen LogP contribution in [0.3, 0.4) is 0 Å². The maximum Gasteiger partial charge on any atom is 0.319 e. The first-order valence-corrected chi connectivity index (χ1v) is 9.72. The predicted octanol–water partition coefficient (Wildman–Crippen LogP) is 3.31. The van der Waals surface area contributed by atoms with Gasteiger partial charge in [0, 0.05) is 17.8 Å². The third-order valence-electron chi connectivity index (χ3n) is 4.96. The molecule has 0 fully saturated rings. The topological polar surface area (TPSA) is 96.7 Å². The van der Waals surface area contributed by atoms with E-state index in [0.29, 0.717) is 17.8 Å². The van der Waals surface area contributed by atoms with Gasteiger partial charge in [-0.15, -0.1) is 0 Å². The molecule has 1 unspecified atom stereocenters. The monoisotopic (exact) mass is 398 g/mol. The number of aryl methyl sites for hydroxylation is 1. The molecule has 0 radical (unpaired) electrons. The molecule has 4 N–H and O–H groups in total. The van der Waals surface area contributed by atoms with E-state index >= 15 is 0 Å². The second-order valence-corrected chi connectivity index (χ2v) is 6.74. The fourth-order valence-electron chi connectivity index (χ4n) is 3.24. The molecule has 0 aliphatic rings. The van der Waals surface area contributed by atoms with Crippen LogP contribution < -0.4 is 21.1 Å². The molecule has 0 heterocycles. The zero-order valence-corrected chi connectivity index (χ0v) is 17.5. The lowest BCUT2D eigenvalue weighted by Gasteiger charge is -2.30. The van der Waals surface area contributed by atoms with E-state index in [2.05, 4.69) is 29.4 Å². The van der Waals surface area contributed by atoms with Crippen molar-refractivity contribution in [3.63, 3.8) is 0 Å². The van der Waals surface area contributed by atoms with E-state index in [1.807, 2.05) is 31.2 Å². The van der Waals surface area contributed by atoms with Gasteiger partial charge in [-0.05, 0) is 55.4 Å². The summed E-state index contributed by atoms with van der Waals surface area (Å²) in [7, 11) is 1.64. The minimum absolute atomic E-state index is 0.00361. The second-order valence-electron chi connectivity index (χ2n) is 6.74. The van der Waals surface area contributed by atoms with Crippen molar-refractivity contribution >= 4 is 17.6 Å². The number of nitrogens with two attached hydrogens (primary N) is 1. The second kappa shape index (κ2) is 10.5. The van der Waals surface area contributed by atoms with Crippen molar-refractivity contribution in [3.8, 4) is 5.75 Å². The third-order valence-corrected chi connectivity index (χ3v) is 4.96. The Hall–Kier alpha value is -3.06. The number of methoxy groups -OCH3 is 1. The molecular weight excluding hydrogens is 368 g/mol. The summed E-state index contributed by atoms with van der Waals surface area (Å²) in [5.41, 5.74) is 8.15. The highest BCUT2D eigenvalue weighted by molar-refractivity contribution is 5.96. The van der Waals surface area contributed by atoms with Crippen molar-refractivity contribution in [2.45, 2.75) is 26.8 Å². The van der Waals surface area contributed by atoms with Crippen LogP contribution in [0.15, 0.2) is 42.5 Å². The zero-order valence-electron chi connectivity index (χ0n) is 17.5. The van der Waals surface area contributed by atoms with Crippen molar-refractivity contribution in [3.05, 3.63) is 59.2 Å². The Kier molecular flexibility index (Phi) is 8.03. The Balaban J connectivity index is 2.13. The van der Waals surface area contributed by atoms with Crippen LogP contribution in [-0.2, 0) is 0 Å². The number of anilines is 1. The van der Waals surface area contributed by atoms with E-state index in [-0.39, 0.29) is 12.1 Å². The lowest BCUT2D eigenvalue weighted by molar-refractivity contribution is 0.1000. The Morgan fingerprint density at radius 3 is 2.48 bits per heavy atom. The Morgan fingerprint density at radius 2 is 1.86 bits per heavy atom. The molecule has 29 heavy (non-hydrogen) atoms. The summed E-state index contributed by atoms with van der Waals surface area (Å²) >= 11 is 0. The predicted molar refractivity (Wildman–Crippen MR) is 115 cm³/mol. The van der Waals surface area contributed by atoms with Gasteiger partial charge in [-0.2, -0.15) is 0 Å². The number of amides is 3. The zero-order chi connectivity index (χ0) is 21.4. The molecule has 0 saturated heterocycles. The van der Waals surface area contributed by atoms with Gasteiger partial charge in [0.1, 0.15) is 5.75 Å². The van der Waals surface area contributed by atoms with E-state index in [1.165, 1.54) is 0 Å². The van der Waals surface area contributed by atoms with Crippen LogP contribution in [-0.4, -0.2) is 43.6 Å². The molecule has 7 nitrogen and oxygen atoms in total. The molecule has 2 aromatic rings. The molecular formula is C22H30N4O3. The molecule has 0 aliphatic heterocycles. The minimum atomic E-state index is -0.534. The smallest absolute Gasteiger partial charge is 0.319 e. The van der Waals surface area contributed by atoms with Gasteiger partial charge in [0.05, 0.1) is 13.2 Å². The maximum atomic E-state index is 12.5. The first-order valence-electron chi connectivity index (χ1n) is 9.72. The molecule has 156 valence electrons. The summed E-state index contributed by atoms with van der Waals surface area (Å²) in [4.78, 5) is 26.2. The molecule has 0 aliphatic carbocycles. The van der Waals surface area contributed by atoms with Crippen LogP contribution in [0.4, 0.5) is 10.5 Å². The summed E-state index contributed by atoms with van der Waals surface area (Å²) in [6, 6.07) is 12.5. The van der Waals surface area contributed by atoms with E-state index < -0.39 is 5.91 Å². The van der Waals surface area contributed by atoms with Crippen LogP contribution in [0.2, 0.25) is 0 Å². The van der Waals surface area contributed by atoms with Crippen molar-refractivity contribution in [1.82, 2.24) is 10.2 Å². The number of rotatable bonds is 9. The number of carbonyl (C=O) groups is 2. The van der Waals surface area contributed by atoms with Gasteiger partial charge < -0.3 is 21.1 Å². The molecule has 0 aromatic heterocycles. The summed E-state index contributed by atoms with van der Waals surface area (Å²) in [5, 5.41) is 5.75. The number of primary amides is 1. The van der Waals surface area contributed by atoms with Crippen molar-refractivity contribution in [1.29, 1.82) is 0 Å². The first kappa shape index (κ1) is 22.2. The maximum absolute atomic E-state index is 12.5. The lowest BCUT2D eigenvalue weighted by atomic mass is 10.0. The van der Waals surface area contributed by atoms with Crippen LogP contribution >= 0.6 is 0 Å². The molecule has 1 atom stereocenters. The highest BCUT2D eigenvalue weighted by Gasteiger charge is 2.19. The SMILES string of the molecule is CCN(CC)C(CNC(=O)Nc1cc(C(N)=O)ccc1C)c1cccc(OC)c1. The van der Waals surface area contributed by atoms with Crippen molar-refractivity contribution in [2.75, 3.05) is 32.1 Å². The molecule has 0 bridgehead atoms. The van der Waals surface area contributed by atoms with Crippen molar-refractivity contribution < 1.29 is 14.3 Å². The highest BCUT2D eigenvalue weighted by atomic mass is 16.5. The molecule has 3 amide bonds. The van der Waals surface area contributed by atoms with E-state index in [1.54, 1.807) is 25.3 Å². The Labute approximate surface area is 172 Å². The molecule has 7 heteroatoms. The summed E-state index contributed by atoms with van der Waals surface area (Å²) in [6.45, 7) is 8.16. The Bertz CT molecular complexity index is 850. The van der Waals surface area contributed by atoms with Gasteiger partial charge in [-0.3, -0.25) is 9.69 Å². The summed E-state index contributed by atoms with van der Waals surface area (Å²) in [6.07, 6.45) is 0. The largest absolute Gasteiger partial charge is 0.497 e. The lowest BCUT2D eigenvalue weighted by Crippen LogP contribution is -2.39. The van der Waals surface area contributed by atoms with Gasteiger partial charge in [-0.25, -0.2) is 4.79 Å². The number of carbonyl (C=O) groups excluding carboxylic acids is 2. The fraction of sp³-hybridized carbons (Fsp3) is 0.364. The molecule has 0 saturated carbocycles. The number of nitrogens with one attached hydrogen (secondary N) is 2. The number of nitrogens with zero attached hydrogens (tertiary/aromatic N) is 1. The van der Waals surface area contributed by atoms with E-state index in [9.17, 15) is 9.59 Å². The number of likely N-dealkylation sites (N-methyl/N-ethyl adjacent to an activating group) is 1. The van der Waals surface area contributed by atoms with Crippen LogP contribution in [0.5, 0.6) is 5.75 Å².